The number of aryl methyl sites for hydroxylation is 3. The second-order valence-electron chi connectivity index (χ2n) is 24.9. The van der Waals surface area contributed by atoms with Gasteiger partial charge in [-0.25, -0.2) is 0 Å². The van der Waals surface area contributed by atoms with Crippen LogP contribution in [0.4, 0.5) is 0 Å². The van der Waals surface area contributed by atoms with Gasteiger partial charge in [-0.1, -0.05) is 161 Å². The molecule has 0 bridgehead atoms. The molecule has 9 heteroatoms. The predicted molar refractivity (Wildman–Crippen MR) is 262 cm³/mol. The largest absolute Gasteiger partial charge is 0.507 e. The van der Waals surface area contributed by atoms with Crippen LogP contribution in [0.3, 0.4) is 0 Å². The molecule has 3 aromatic carbocycles. The summed E-state index contributed by atoms with van der Waals surface area (Å²) in [5.74, 6) is -0.539. The van der Waals surface area contributed by atoms with Gasteiger partial charge in [-0.3, -0.25) is 14.4 Å². The van der Waals surface area contributed by atoms with Crippen LogP contribution in [0.1, 0.15) is 201 Å². The van der Waals surface area contributed by atoms with E-state index in [2.05, 4.69) is 0 Å². The molecule has 0 saturated carbocycles. The lowest BCUT2D eigenvalue weighted by Crippen LogP contribution is -2.37. The molecule has 0 spiro atoms. The van der Waals surface area contributed by atoms with Crippen LogP contribution in [0.25, 0.3) is 0 Å². The van der Waals surface area contributed by atoms with Gasteiger partial charge in [0.2, 0.25) is 0 Å². The highest BCUT2D eigenvalue weighted by Crippen LogP contribution is 2.43. The fourth-order valence-corrected chi connectivity index (χ4v) is 7.79. The topological polar surface area (TPSA) is 140 Å². The van der Waals surface area contributed by atoms with Crippen molar-refractivity contribution >= 4 is 17.9 Å². The standard InChI is InChI=1S/C56H84O9/c1-50(2,3)38-26-35(27-39(47(38)60)51(4,5)6)20-23-44(57)63-32-56(19,33-64-45(58)24-21-36-28-40(52(7,8)9)48(61)41(29-36)53(10,11)12)34-65-46(59)25-22-37-30-42(54(13,14)15)49(62)43(31-37)55(16,17)18/h26-31,60-62H,20-25,32-34H2,1-19H3. The third kappa shape index (κ3) is 15.5. The smallest absolute Gasteiger partial charge is 0.306 e. The fraction of sp³-hybridized carbons (Fsp3) is 0.625. The molecule has 0 fully saturated rings. The molecule has 0 heterocycles. The molecule has 0 atom stereocenters. The molecule has 0 radical (unpaired) electrons. The van der Waals surface area contributed by atoms with E-state index in [0.29, 0.717) is 19.3 Å². The molecule has 0 aliphatic heterocycles. The molecule has 65 heavy (non-hydrogen) atoms. The van der Waals surface area contributed by atoms with Crippen LogP contribution in [0.5, 0.6) is 17.2 Å². The van der Waals surface area contributed by atoms with Crippen LogP contribution in [0.2, 0.25) is 0 Å². The lowest BCUT2D eigenvalue weighted by molar-refractivity contribution is -0.160. The van der Waals surface area contributed by atoms with Gasteiger partial charge in [0.15, 0.2) is 0 Å². The van der Waals surface area contributed by atoms with E-state index in [1.807, 2.05) is 161 Å². The molecule has 0 saturated heterocycles. The van der Waals surface area contributed by atoms with Crippen molar-refractivity contribution in [2.75, 3.05) is 19.8 Å². The number of carbonyl (C=O) groups is 3. The molecule has 9 nitrogen and oxygen atoms in total. The van der Waals surface area contributed by atoms with Crippen LogP contribution in [-0.2, 0) is 80.3 Å². The summed E-state index contributed by atoms with van der Waals surface area (Å²) in [4.78, 5) is 40.2. The average Bonchev–Trinajstić information content (AvgIpc) is 3.14. The molecular weight excluding hydrogens is 817 g/mol. The number of benzene rings is 3. The fourth-order valence-electron chi connectivity index (χ4n) is 7.79. The van der Waals surface area contributed by atoms with Crippen molar-refractivity contribution in [1.29, 1.82) is 0 Å². The van der Waals surface area contributed by atoms with Crippen LogP contribution < -0.4 is 0 Å². The van der Waals surface area contributed by atoms with Crippen LogP contribution in [-0.4, -0.2) is 53.0 Å². The van der Waals surface area contributed by atoms with Crippen molar-refractivity contribution in [1.82, 2.24) is 0 Å². The Kier molecular flexibility index (Phi) is 17.0. The Morgan fingerprint density at radius 2 is 0.523 bits per heavy atom. The normalized spacial score (nSPS) is 13.2. The molecule has 0 aliphatic rings. The molecule has 362 valence electrons. The van der Waals surface area contributed by atoms with Crippen LogP contribution in [0.15, 0.2) is 36.4 Å². The number of aromatic hydroxyl groups is 3. The first-order valence-electron chi connectivity index (χ1n) is 23.4. The molecular formula is C56H84O9. The number of hydrogen-bond donors (Lipinski definition) is 3. The van der Waals surface area contributed by atoms with E-state index < -0.39 is 23.3 Å². The molecule has 3 rings (SSSR count). The van der Waals surface area contributed by atoms with Crippen molar-refractivity contribution in [3.8, 4) is 17.2 Å². The van der Waals surface area contributed by atoms with E-state index in [0.717, 1.165) is 50.1 Å². The van der Waals surface area contributed by atoms with Gasteiger partial charge in [0.25, 0.3) is 0 Å². The number of phenolic OH excluding ortho intramolecular Hbond substituents is 3. The quantitative estimate of drug-likeness (QED) is 0.100. The van der Waals surface area contributed by atoms with Gasteiger partial charge in [0, 0.05) is 19.3 Å². The van der Waals surface area contributed by atoms with Crippen molar-refractivity contribution in [3.05, 3.63) is 86.5 Å². The summed E-state index contributed by atoms with van der Waals surface area (Å²) < 4.78 is 17.6. The maximum absolute atomic E-state index is 13.4. The van der Waals surface area contributed by atoms with Crippen molar-refractivity contribution in [2.45, 2.75) is 203 Å². The number of hydrogen-bond acceptors (Lipinski definition) is 9. The molecule has 3 aromatic rings. The highest BCUT2D eigenvalue weighted by molar-refractivity contribution is 5.71. The Labute approximate surface area is 392 Å². The number of esters is 3. The molecule has 0 amide bonds. The van der Waals surface area contributed by atoms with E-state index >= 15 is 0 Å². The van der Waals surface area contributed by atoms with Gasteiger partial charge in [-0.2, -0.15) is 0 Å². The Morgan fingerprint density at radius 3 is 0.677 bits per heavy atom. The Hall–Kier alpha value is -4.53. The first-order chi connectivity index (χ1) is 29.3. The van der Waals surface area contributed by atoms with Crippen LogP contribution in [0, 0.1) is 5.41 Å². The Balaban J connectivity index is 1.82. The van der Waals surface area contributed by atoms with Gasteiger partial charge in [0.1, 0.15) is 37.1 Å². The summed E-state index contributed by atoms with van der Waals surface area (Å²) in [6, 6.07) is 11.7. The van der Waals surface area contributed by atoms with Crippen molar-refractivity contribution < 1.29 is 43.9 Å². The van der Waals surface area contributed by atoms with Gasteiger partial charge >= 0.3 is 17.9 Å². The summed E-state index contributed by atoms with van der Waals surface area (Å²) in [7, 11) is 0. The number of ether oxygens (including phenoxy) is 3. The minimum absolute atomic E-state index is 0.0765. The average molecular weight is 901 g/mol. The monoisotopic (exact) mass is 901 g/mol. The summed E-state index contributed by atoms with van der Waals surface area (Å²) >= 11 is 0. The maximum Gasteiger partial charge on any atom is 0.306 e. The highest BCUT2D eigenvalue weighted by atomic mass is 16.6. The molecule has 0 unspecified atom stereocenters. The summed E-state index contributed by atoms with van der Waals surface area (Å²) in [5.41, 5.74) is 4.65. The maximum atomic E-state index is 13.4. The van der Waals surface area contributed by atoms with Gasteiger partial charge in [-0.15, -0.1) is 0 Å². The molecule has 0 aliphatic carbocycles. The minimum Gasteiger partial charge on any atom is -0.507 e. The number of rotatable bonds is 15. The predicted octanol–water partition coefficient (Wildman–Crippen LogP) is 12.4. The third-order valence-corrected chi connectivity index (χ3v) is 12.0. The lowest BCUT2D eigenvalue weighted by Gasteiger charge is -2.29. The third-order valence-electron chi connectivity index (χ3n) is 12.0. The van der Waals surface area contributed by atoms with E-state index in [1.54, 1.807) is 6.92 Å². The zero-order valence-corrected chi connectivity index (χ0v) is 43.6. The zero-order chi connectivity index (χ0) is 49.9. The molecule has 0 aromatic heterocycles. The minimum atomic E-state index is -1.06. The highest BCUT2D eigenvalue weighted by Gasteiger charge is 2.33. The zero-order valence-electron chi connectivity index (χ0n) is 43.6. The van der Waals surface area contributed by atoms with E-state index in [9.17, 15) is 29.7 Å². The molecule has 3 N–H and O–H groups in total. The van der Waals surface area contributed by atoms with Gasteiger partial charge in [-0.05, 0) is 109 Å². The lowest BCUT2D eigenvalue weighted by atomic mass is 9.78. The van der Waals surface area contributed by atoms with Gasteiger partial charge < -0.3 is 29.5 Å². The van der Waals surface area contributed by atoms with Crippen molar-refractivity contribution in [2.24, 2.45) is 5.41 Å². The van der Waals surface area contributed by atoms with E-state index in [4.69, 9.17) is 14.2 Å². The second kappa shape index (κ2) is 20.1. The first kappa shape index (κ1) is 54.8. The SMILES string of the molecule is CC(COC(=O)CCc1cc(C(C)(C)C)c(O)c(C(C)(C)C)c1)(COC(=O)CCc1cc(C(C)(C)C)c(O)c(C(C)(C)C)c1)COC(=O)CCc1cc(C(C)(C)C)c(O)c(C(C)(C)C)c1. The summed E-state index contributed by atoms with van der Waals surface area (Å²) in [6.07, 6.45) is 1.40. The van der Waals surface area contributed by atoms with Crippen molar-refractivity contribution in [3.63, 3.8) is 0 Å². The van der Waals surface area contributed by atoms with Crippen LogP contribution >= 0.6 is 0 Å². The summed E-state index contributed by atoms with van der Waals surface area (Å²) in [5, 5.41) is 33.6. The Morgan fingerprint density at radius 1 is 0.354 bits per heavy atom. The summed E-state index contributed by atoms with van der Waals surface area (Å²) in [6.45, 7) is 38.1. The Bertz CT molecular complexity index is 1820. The first-order valence-corrected chi connectivity index (χ1v) is 23.4. The van der Waals surface area contributed by atoms with E-state index in [-0.39, 0.29) is 88.8 Å². The second-order valence-corrected chi connectivity index (χ2v) is 24.9. The number of carbonyl (C=O) groups excluding carboxylic acids is 3. The van der Waals surface area contributed by atoms with E-state index in [1.165, 1.54) is 0 Å². The number of phenols is 3. The van der Waals surface area contributed by atoms with Gasteiger partial charge in [0.05, 0.1) is 5.41 Å².